The molecule has 0 bridgehead atoms. The molecule has 7 heteroatoms. The van der Waals surface area contributed by atoms with E-state index in [0.29, 0.717) is 11.5 Å². The molecule has 2 aliphatic rings. The Morgan fingerprint density at radius 1 is 1.20 bits per heavy atom. The Morgan fingerprint density at radius 3 is 2.12 bits per heavy atom. The number of carboxylic acids is 1. The monoisotopic (exact) mass is 353 g/mol. The Balaban J connectivity index is 0.000000269. The summed E-state index contributed by atoms with van der Waals surface area (Å²) in [5.41, 5.74) is 3.43. The Morgan fingerprint density at radius 2 is 1.76 bits per heavy atom. The number of likely N-dealkylation sites (N-methyl/N-ethyl adjacent to an activating group) is 1. The van der Waals surface area contributed by atoms with E-state index in [2.05, 4.69) is 43.6 Å². The minimum atomic E-state index is -2.20. The van der Waals surface area contributed by atoms with Crippen LogP contribution in [0.3, 0.4) is 0 Å². The van der Waals surface area contributed by atoms with E-state index in [1.54, 1.807) is 5.56 Å². The number of hydrogen-bond donors (Lipinski definition) is 5. The average Bonchev–Trinajstić information content (AvgIpc) is 3.23. The standard InChI is InChI=1S/C14H19N.C3H6O5.CH2O/c1-10-3-5-11(6-4-10)14-9-12(14)7-8-13(14)15-2;4-1(2(5)6)3(7)8;1-2/h3-6,12-13,15H,7-9H2,1-2H3;1-2,4-6H,(H,7,8);1H2. The van der Waals surface area contributed by atoms with E-state index in [9.17, 15) is 4.79 Å². The Bertz CT molecular complexity index is 561. The number of hydrogen-bond acceptors (Lipinski definition) is 6. The van der Waals surface area contributed by atoms with Gasteiger partial charge in [-0.2, -0.15) is 0 Å². The lowest BCUT2D eigenvalue weighted by Crippen LogP contribution is -2.35. The number of aliphatic hydroxyl groups is 3. The van der Waals surface area contributed by atoms with Crippen molar-refractivity contribution in [3.63, 3.8) is 0 Å². The normalized spacial score (nSPS) is 27.3. The van der Waals surface area contributed by atoms with E-state index in [0.717, 1.165) is 5.92 Å². The van der Waals surface area contributed by atoms with Crippen LogP contribution in [0.1, 0.15) is 30.4 Å². The van der Waals surface area contributed by atoms with Crippen molar-refractivity contribution in [2.75, 3.05) is 7.05 Å². The molecule has 2 fully saturated rings. The van der Waals surface area contributed by atoms with Crippen molar-refractivity contribution in [1.82, 2.24) is 5.32 Å². The third-order valence-corrected chi connectivity index (χ3v) is 5.05. The predicted molar refractivity (Wildman–Crippen MR) is 92.0 cm³/mol. The molecule has 140 valence electrons. The molecule has 2 aliphatic carbocycles. The number of carbonyl (C=O) groups is 2. The van der Waals surface area contributed by atoms with Crippen LogP contribution in [0.2, 0.25) is 0 Å². The first-order valence-corrected chi connectivity index (χ1v) is 8.13. The van der Waals surface area contributed by atoms with Crippen LogP contribution in [0.25, 0.3) is 0 Å². The summed E-state index contributed by atoms with van der Waals surface area (Å²) in [5.74, 6) is -0.697. The molecule has 3 rings (SSSR count). The zero-order valence-corrected chi connectivity index (χ0v) is 14.6. The van der Waals surface area contributed by atoms with Gasteiger partial charge in [-0.05, 0) is 44.7 Å². The summed E-state index contributed by atoms with van der Waals surface area (Å²) in [7, 11) is 2.11. The van der Waals surface area contributed by atoms with Crippen LogP contribution in [-0.2, 0) is 15.0 Å². The number of carbonyl (C=O) groups excluding carboxylic acids is 1. The molecule has 0 saturated heterocycles. The highest BCUT2D eigenvalue weighted by atomic mass is 16.5. The van der Waals surface area contributed by atoms with E-state index < -0.39 is 18.4 Å². The maximum atomic E-state index is 9.57. The summed E-state index contributed by atoms with van der Waals surface area (Å²) in [5, 5.41) is 35.2. The number of aryl methyl sites for hydroxylation is 1. The SMILES string of the molecule is C=O.CNC1CCC2CC21c1ccc(C)cc1.O=C(O)C(O)C(O)O. The van der Waals surface area contributed by atoms with Gasteiger partial charge in [-0.15, -0.1) is 0 Å². The van der Waals surface area contributed by atoms with Gasteiger partial charge >= 0.3 is 5.97 Å². The van der Waals surface area contributed by atoms with Crippen LogP contribution in [-0.4, -0.2) is 58.7 Å². The van der Waals surface area contributed by atoms with E-state index in [1.807, 2.05) is 6.79 Å². The summed E-state index contributed by atoms with van der Waals surface area (Å²) < 4.78 is 0. The molecule has 1 aromatic rings. The molecule has 5 N–H and O–H groups in total. The molecule has 0 aliphatic heterocycles. The molecular weight excluding hydrogens is 326 g/mol. The van der Waals surface area contributed by atoms with Gasteiger partial charge in [-0.25, -0.2) is 4.79 Å². The van der Waals surface area contributed by atoms with Gasteiger partial charge in [0, 0.05) is 11.5 Å². The predicted octanol–water partition coefficient (Wildman–Crippen LogP) is 0.192. The van der Waals surface area contributed by atoms with Crippen molar-refractivity contribution in [1.29, 1.82) is 0 Å². The number of aliphatic hydroxyl groups excluding tert-OH is 2. The molecular formula is C18H27NO6. The van der Waals surface area contributed by atoms with E-state index in [-0.39, 0.29) is 0 Å². The van der Waals surface area contributed by atoms with Crippen LogP contribution < -0.4 is 5.32 Å². The number of carboxylic acid groups (broad SMARTS) is 1. The molecule has 2 saturated carbocycles. The van der Waals surface area contributed by atoms with Crippen molar-refractivity contribution in [3.8, 4) is 0 Å². The van der Waals surface area contributed by atoms with Crippen molar-refractivity contribution in [2.24, 2.45) is 5.92 Å². The first-order valence-electron chi connectivity index (χ1n) is 8.13. The molecule has 0 spiro atoms. The third kappa shape index (κ3) is 4.64. The molecule has 25 heavy (non-hydrogen) atoms. The van der Waals surface area contributed by atoms with Crippen molar-refractivity contribution in [3.05, 3.63) is 35.4 Å². The largest absolute Gasteiger partial charge is 0.479 e. The second-order valence-electron chi connectivity index (χ2n) is 6.42. The lowest BCUT2D eigenvalue weighted by molar-refractivity contribution is -0.171. The molecule has 0 aromatic heterocycles. The van der Waals surface area contributed by atoms with Gasteiger partial charge in [-0.1, -0.05) is 29.8 Å². The second kappa shape index (κ2) is 9.05. The number of nitrogens with one attached hydrogen (secondary N) is 1. The highest BCUT2D eigenvalue weighted by Gasteiger charge is 2.62. The average molecular weight is 353 g/mol. The van der Waals surface area contributed by atoms with Crippen LogP contribution in [0.5, 0.6) is 0 Å². The molecule has 0 amide bonds. The van der Waals surface area contributed by atoms with Gasteiger partial charge in [-0.3, -0.25) is 0 Å². The highest BCUT2D eigenvalue weighted by Crippen LogP contribution is 2.64. The minimum Gasteiger partial charge on any atom is -0.479 e. The zero-order chi connectivity index (χ0) is 19.2. The van der Waals surface area contributed by atoms with Gasteiger partial charge < -0.3 is 30.5 Å². The summed E-state index contributed by atoms with van der Waals surface area (Å²) in [6, 6.07) is 9.90. The van der Waals surface area contributed by atoms with E-state index in [4.69, 9.17) is 25.2 Å². The summed E-state index contributed by atoms with van der Waals surface area (Å²) in [6.45, 7) is 4.16. The topological polar surface area (TPSA) is 127 Å². The summed E-state index contributed by atoms with van der Waals surface area (Å²) >= 11 is 0. The van der Waals surface area contributed by atoms with Crippen molar-refractivity contribution >= 4 is 12.8 Å². The lowest BCUT2D eigenvalue weighted by atomic mass is 9.88. The maximum Gasteiger partial charge on any atom is 0.337 e. The Kier molecular flexibility index (Phi) is 7.69. The zero-order valence-electron chi connectivity index (χ0n) is 14.6. The third-order valence-electron chi connectivity index (χ3n) is 5.05. The summed E-state index contributed by atoms with van der Waals surface area (Å²) in [6.07, 6.45) is -0.127. The first-order chi connectivity index (χ1) is 11.8. The molecule has 4 unspecified atom stereocenters. The number of benzene rings is 1. The Hall–Kier alpha value is -1.80. The summed E-state index contributed by atoms with van der Waals surface area (Å²) in [4.78, 5) is 17.6. The highest BCUT2D eigenvalue weighted by molar-refractivity contribution is 5.72. The second-order valence-corrected chi connectivity index (χ2v) is 6.42. The lowest BCUT2D eigenvalue weighted by Gasteiger charge is -2.23. The van der Waals surface area contributed by atoms with Crippen LogP contribution in [0.15, 0.2) is 24.3 Å². The number of aliphatic carboxylic acids is 1. The molecule has 0 heterocycles. The molecule has 1 aromatic carbocycles. The molecule has 7 nitrogen and oxygen atoms in total. The number of rotatable bonds is 4. The molecule has 4 atom stereocenters. The first kappa shape index (κ1) is 21.2. The smallest absolute Gasteiger partial charge is 0.337 e. The van der Waals surface area contributed by atoms with Crippen molar-refractivity contribution < 1.29 is 30.0 Å². The fraction of sp³-hybridized carbons (Fsp3) is 0.556. The fourth-order valence-electron chi connectivity index (χ4n) is 3.71. The maximum absolute atomic E-state index is 9.57. The van der Waals surface area contributed by atoms with Gasteiger partial charge in [0.1, 0.15) is 6.79 Å². The van der Waals surface area contributed by atoms with E-state index >= 15 is 0 Å². The quantitative estimate of drug-likeness (QED) is 0.489. The van der Waals surface area contributed by atoms with Crippen molar-refractivity contribution in [2.45, 2.75) is 50.0 Å². The fourth-order valence-corrected chi connectivity index (χ4v) is 3.71. The minimum absolute atomic E-state index is 0.502. The van der Waals surface area contributed by atoms with Crippen LogP contribution in [0.4, 0.5) is 0 Å². The number of fused-ring (bicyclic) bond motifs is 1. The van der Waals surface area contributed by atoms with Gasteiger partial charge in [0.2, 0.25) is 6.10 Å². The van der Waals surface area contributed by atoms with Crippen LogP contribution in [0, 0.1) is 12.8 Å². The van der Waals surface area contributed by atoms with Gasteiger partial charge in [0.25, 0.3) is 0 Å². The van der Waals surface area contributed by atoms with Gasteiger partial charge in [0.15, 0.2) is 6.29 Å². The van der Waals surface area contributed by atoms with E-state index in [1.165, 1.54) is 24.8 Å². The van der Waals surface area contributed by atoms with Crippen LogP contribution >= 0.6 is 0 Å². The van der Waals surface area contributed by atoms with Gasteiger partial charge in [0.05, 0.1) is 0 Å². The molecule has 0 radical (unpaired) electrons. The Labute approximate surface area is 147 Å².